The molecule has 0 fully saturated rings. The average Bonchev–Trinajstić information content (AvgIpc) is 3.24. The van der Waals surface area contributed by atoms with Crippen molar-refractivity contribution < 1.29 is 0 Å². The van der Waals surface area contributed by atoms with Gasteiger partial charge in [-0.25, -0.2) is 0 Å². The first kappa shape index (κ1) is 33.3. The van der Waals surface area contributed by atoms with Crippen LogP contribution >= 0.6 is 0 Å². The van der Waals surface area contributed by atoms with Crippen LogP contribution in [0.5, 0.6) is 0 Å². The summed E-state index contributed by atoms with van der Waals surface area (Å²) < 4.78 is 0. The van der Waals surface area contributed by atoms with Crippen LogP contribution < -0.4 is 26.2 Å². The van der Waals surface area contributed by atoms with Gasteiger partial charge in [0.25, 0.3) is 6.71 Å². The minimum Gasteiger partial charge on any atom is -0.315 e. The second-order valence-electron chi connectivity index (χ2n) is 16.1. The molecular weight excluding hydrogens is 663 g/mol. The van der Waals surface area contributed by atoms with Crippen LogP contribution in [0.1, 0.15) is 44.7 Å². The van der Waals surface area contributed by atoms with Gasteiger partial charge in [0.15, 0.2) is 0 Å². The Morgan fingerprint density at radius 3 is 1.51 bits per heavy atom. The van der Waals surface area contributed by atoms with Crippen LogP contribution in [0.3, 0.4) is 0 Å². The Kier molecular flexibility index (Phi) is 7.99. The smallest absolute Gasteiger partial charge is 0.252 e. The highest BCUT2D eigenvalue weighted by Gasteiger charge is 2.45. The lowest BCUT2D eigenvalue weighted by molar-refractivity contribution is 0.590. The summed E-state index contributed by atoms with van der Waals surface area (Å²) in [4.78, 5) is 5.20. The number of fused-ring (bicyclic) bond motifs is 4. The first-order valence-electron chi connectivity index (χ1n) is 19.6. The average molecular weight is 707 g/mol. The minimum atomic E-state index is -0.0868. The van der Waals surface area contributed by atoms with E-state index in [1.165, 1.54) is 89.5 Å². The molecule has 1 aliphatic carbocycles. The molecule has 55 heavy (non-hydrogen) atoms. The Bertz CT molecular complexity index is 2620. The lowest BCUT2D eigenvalue weighted by Crippen LogP contribution is -2.62. The molecule has 2 heterocycles. The van der Waals surface area contributed by atoms with E-state index >= 15 is 0 Å². The third kappa shape index (κ3) is 5.65. The molecule has 2 nitrogen and oxygen atoms in total. The van der Waals surface area contributed by atoms with Crippen LogP contribution in [0, 0.1) is 0 Å². The molecule has 0 bridgehead atoms. The number of allylic oxidation sites excluding steroid dienone is 4. The SMILES string of the molecule is CC(C)(C)c1cc2c3c(c1)N(c1ccccc1)c1cc(-c4ccccc4)ccc1B3c1ccc(-c3ccccc3)cc1N2C1=C(c2ccccc2)C=CCC1. The first-order valence-corrected chi connectivity index (χ1v) is 19.6. The molecule has 7 aromatic rings. The van der Waals surface area contributed by atoms with Gasteiger partial charge < -0.3 is 9.80 Å². The lowest BCUT2D eigenvalue weighted by atomic mass is 9.33. The summed E-state index contributed by atoms with van der Waals surface area (Å²) in [5.74, 6) is 0. The fraction of sp³-hybridized carbons (Fsp3) is 0.115. The van der Waals surface area contributed by atoms with Crippen molar-refractivity contribution in [2.24, 2.45) is 0 Å². The number of nitrogens with zero attached hydrogens (tertiary/aromatic N) is 2. The number of hydrogen-bond donors (Lipinski definition) is 0. The molecule has 0 atom stereocenters. The topological polar surface area (TPSA) is 6.48 Å². The van der Waals surface area contributed by atoms with Crippen molar-refractivity contribution in [3.63, 3.8) is 0 Å². The Hall–Kier alpha value is -6.32. The van der Waals surface area contributed by atoms with Gasteiger partial charge >= 0.3 is 0 Å². The van der Waals surface area contributed by atoms with Crippen molar-refractivity contribution in [1.82, 2.24) is 0 Å². The van der Waals surface area contributed by atoms with Crippen molar-refractivity contribution in [3.8, 4) is 22.3 Å². The molecule has 0 unspecified atom stereocenters. The summed E-state index contributed by atoms with van der Waals surface area (Å²) in [5, 5.41) is 0. The highest BCUT2D eigenvalue weighted by atomic mass is 15.2. The largest absolute Gasteiger partial charge is 0.315 e. The third-order valence-electron chi connectivity index (χ3n) is 11.7. The van der Waals surface area contributed by atoms with Crippen LogP contribution in [0.2, 0.25) is 0 Å². The van der Waals surface area contributed by atoms with E-state index in [0.717, 1.165) is 12.8 Å². The predicted octanol–water partition coefficient (Wildman–Crippen LogP) is 11.8. The minimum absolute atomic E-state index is 0.0507. The van der Waals surface area contributed by atoms with E-state index < -0.39 is 0 Å². The van der Waals surface area contributed by atoms with E-state index in [1.807, 2.05) is 0 Å². The zero-order valence-electron chi connectivity index (χ0n) is 31.7. The van der Waals surface area contributed by atoms with E-state index in [4.69, 9.17) is 0 Å². The molecule has 264 valence electrons. The van der Waals surface area contributed by atoms with Crippen molar-refractivity contribution in [2.45, 2.75) is 39.0 Å². The Labute approximate surface area is 325 Å². The highest BCUT2D eigenvalue weighted by Crippen LogP contribution is 2.47. The van der Waals surface area contributed by atoms with Gasteiger partial charge in [-0.15, -0.1) is 0 Å². The summed E-state index contributed by atoms with van der Waals surface area (Å²) >= 11 is 0. The fourth-order valence-corrected chi connectivity index (χ4v) is 8.95. The Balaban J connectivity index is 1.33. The molecule has 0 spiro atoms. The van der Waals surface area contributed by atoms with Gasteiger partial charge in [-0.1, -0.05) is 166 Å². The van der Waals surface area contributed by atoms with Crippen LogP contribution in [0.4, 0.5) is 28.4 Å². The maximum absolute atomic E-state index is 2.66. The van der Waals surface area contributed by atoms with Gasteiger partial charge in [0.05, 0.1) is 0 Å². The van der Waals surface area contributed by atoms with Crippen LogP contribution in [0.15, 0.2) is 188 Å². The maximum atomic E-state index is 2.66. The summed E-state index contributed by atoms with van der Waals surface area (Å²) in [7, 11) is 0. The van der Waals surface area contributed by atoms with Gasteiger partial charge in [-0.3, -0.25) is 0 Å². The normalized spacial score (nSPS) is 14.4. The predicted molar refractivity (Wildman–Crippen MR) is 236 cm³/mol. The Morgan fingerprint density at radius 2 is 0.964 bits per heavy atom. The van der Waals surface area contributed by atoms with E-state index in [-0.39, 0.29) is 12.1 Å². The number of benzene rings is 7. The maximum Gasteiger partial charge on any atom is 0.252 e. The van der Waals surface area contributed by atoms with Crippen LogP contribution in [-0.2, 0) is 5.41 Å². The second kappa shape index (κ2) is 13.2. The van der Waals surface area contributed by atoms with Gasteiger partial charge in [0.1, 0.15) is 0 Å². The molecule has 10 rings (SSSR count). The zero-order chi connectivity index (χ0) is 37.1. The van der Waals surface area contributed by atoms with Crippen LogP contribution in [-0.4, -0.2) is 6.71 Å². The first-order chi connectivity index (χ1) is 26.9. The quantitative estimate of drug-likeness (QED) is 0.164. The summed E-state index contributed by atoms with van der Waals surface area (Å²) in [5.41, 5.74) is 20.3. The van der Waals surface area contributed by atoms with Crippen molar-refractivity contribution in [3.05, 3.63) is 199 Å². The van der Waals surface area contributed by atoms with Gasteiger partial charge in [-0.2, -0.15) is 0 Å². The molecule has 0 saturated heterocycles. The lowest BCUT2D eigenvalue weighted by Gasteiger charge is -2.46. The second-order valence-corrected chi connectivity index (χ2v) is 16.1. The van der Waals surface area contributed by atoms with E-state index in [9.17, 15) is 0 Å². The number of anilines is 5. The van der Waals surface area contributed by atoms with E-state index in [1.54, 1.807) is 0 Å². The molecule has 0 saturated carbocycles. The zero-order valence-corrected chi connectivity index (χ0v) is 31.7. The van der Waals surface area contributed by atoms with Crippen molar-refractivity contribution in [2.75, 3.05) is 9.80 Å². The third-order valence-corrected chi connectivity index (χ3v) is 11.7. The summed E-state index contributed by atoms with van der Waals surface area (Å²) in [6.45, 7) is 7.10. The summed E-state index contributed by atoms with van der Waals surface area (Å²) in [6.07, 6.45) is 6.66. The highest BCUT2D eigenvalue weighted by molar-refractivity contribution is 7.00. The van der Waals surface area contributed by atoms with E-state index in [2.05, 4.69) is 213 Å². The molecule has 0 amide bonds. The monoisotopic (exact) mass is 706 g/mol. The molecule has 0 radical (unpaired) electrons. The molecule has 7 aromatic carbocycles. The van der Waals surface area contributed by atoms with Crippen molar-refractivity contribution in [1.29, 1.82) is 0 Å². The number of hydrogen-bond acceptors (Lipinski definition) is 2. The van der Waals surface area contributed by atoms with Gasteiger partial charge in [0.2, 0.25) is 0 Å². The van der Waals surface area contributed by atoms with Gasteiger partial charge in [-0.05, 0) is 104 Å². The van der Waals surface area contributed by atoms with Gasteiger partial charge in [0, 0.05) is 39.7 Å². The standard InChI is InChI=1S/C52H43BN2/c1-52(2,3)41-34-49-51-50(35-41)55(46-27-17-16-26-43(46)38-22-12-6-13-23-38)48-33-40(37-20-10-5-11-21-37)29-31-45(48)53(51)44-30-28-39(36-18-8-4-9-19-36)32-47(44)54(49)42-24-14-7-15-25-42/h4-16,18-26,28-35H,17,27H2,1-3H3. The molecule has 0 N–H and O–H groups in total. The van der Waals surface area contributed by atoms with Crippen LogP contribution in [0.25, 0.3) is 27.8 Å². The molecular formula is C52H43BN2. The molecule has 3 heteroatoms. The van der Waals surface area contributed by atoms with Crippen molar-refractivity contribution >= 4 is 57.1 Å². The number of rotatable bonds is 5. The Morgan fingerprint density at radius 1 is 0.473 bits per heavy atom. The molecule has 0 aromatic heterocycles. The molecule has 3 aliphatic rings. The molecule has 2 aliphatic heterocycles. The number of para-hydroxylation sites is 1. The van der Waals surface area contributed by atoms with E-state index in [0.29, 0.717) is 0 Å². The summed E-state index contributed by atoms with van der Waals surface area (Å²) in [6, 6.07) is 63.0. The fourth-order valence-electron chi connectivity index (χ4n) is 8.95.